The molecule has 1 aliphatic heterocycles. The minimum absolute atomic E-state index is 0. The van der Waals surface area contributed by atoms with Gasteiger partial charge in [-0.15, -0.1) is 24.0 Å². The van der Waals surface area contributed by atoms with Gasteiger partial charge in [-0.05, 0) is 24.1 Å². The minimum Gasteiger partial charge on any atom is -0.493 e. The van der Waals surface area contributed by atoms with Crippen molar-refractivity contribution in [1.82, 2.24) is 20.4 Å². The van der Waals surface area contributed by atoms with Crippen molar-refractivity contribution in [3.8, 4) is 11.5 Å². The van der Waals surface area contributed by atoms with Crippen molar-refractivity contribution in [1.29, 1.82) is 0 Å². The summed E-state index contributed by atoms with van der Waals surface area (Å²) in [4.78, 5) is 20.5. The number of morpholine rings is 1. The van der Waals surface area contributed by atoms with Crippen LogP contribution >= 0.6 is 24.0 Å². The van der Waals surface area contributed by atoms with Crippen molar-refractivity contribution in [3.63, 3.8) is 0 Å². The van der Waals surface area contributed by atoms with Crippen molar-refractivity contribution in [3.05, 3.63) is 23.8 Å². The number of unbranched alkanes of at least 4 members (excludes halogenated alkanes) is 1. The normalized spacial score (nSPS) is 15.2. The average molecular weight is 578 g/mol. The molecule has 0 bridgehead atoms. The third-order valence-electron chi connectivity index (χ3n) is 5.44. The molecule has 1 saturated heterocycles. The zero-order valence-electron chi connectivity index (χ0n) is 20.6. The summed E-state index contributed by atoms with van der Waals surface area (Å²) in [7, 11) is 6.76. The maximum atomic E-state index is 12.0. The van der Waals surface area contributed by atoms with Gasteiger partial charge in [0, 0.05) is 40.3 Å². The lowest BCUT2D eigenvalue weighted by atomic mass is 10.0. The van der Waals surface area contributed by atoms with Crippen LogP contribution in [0.1, 0.15) is 31.4 Å². The monoisotopic (exact) mass is 577 g/mol. The predicted octanol–water partition coefficient (Wildman–Crippen LogP) is 2.12. The lowest BCUT2D eigenvalue weighted by Crippen LogP contribution is -2.46. The van der Waals surface area contributed by atoms with Gasteiger partial charge in [0.25, 0.3) is 0 Å². The van der Waals surface area contributed by atoms with Crippen LogP contribution in [0.2, 0.25) is 0 Å². The van der Waals surface area contributed by atoms with Crippen molar-refractivity contribution in [2.24, 2.45) is 4.99 Å². The predicted molar refractivity (Wildman–Crippen MR) is 142 cm³/mol. The topological polar surface area (TPSA) is 87.7 Å². The number of nitrogens with zero attached hydrogens (tertiary/aromatic N) is 3. The van der Waals surface area contributed by atoms with E-state index in [-0.39, 0.29) is 42.5 Å². The first-order valence-corrected chi connectivity index (χ1v) is 11.3. The molecular formula is C23H40IN5O4. The first-order chi connectivity index (χ1) is 15.5. The Morgan fingerprint density at radius 1 is 1.18 bits per heavy atom. The number of aliphatic imine (C=N–C) groups is 1. The molecule has 0 radical (unpaired) electrons. The number of ether oxygens (including phenoxy) is 3. The molecule has 1 atom stereocenters. The summed E-state index contributed by atoms with van der Waals surface area (Å²) in [5, 5.41) is 6.79. The van der Waals surface area contributed by atoms with Crippen molar-refractivity contribution >= 4 is 35.8 Å². The van der Waals surface area contributed by atoms with E-state index < -0.39 is 0 Å². The van der Waals surface area contributed by atoms with Crippen LogP contribution in [0.5, 0.6) is 11.5 Å². The van der Waals surface area contributed by atoms with Crippen molar-refractivity contribution in [2.45, 2.75) is 25.8 Å². The summed E-state index contributed by atoms with van der Waals surface area (Å²) in [6.45, 7) is 6.78. The highest BCUT2D eigenvalue weighted by Crippen LogP contribution is 2.32. The summed E-state index contributed by atoms with van der Waals surface area (Å²) in [6, 6.07) is 6.12. The van der Waals surface area contributed by atoms with Gasteiger partial charge in [-0.25, -0.2) is 4.99 Å². The average Bonchev–Trinajstić information content (AvgIpc) is 2.82. The summed E-state index contributed by atoms with van der Waals surface area (Å²) in [6.07, 6.45) is 2.11. The van der Waals surface area contributed by atoms with Crippen LogP contribution in [0.25, 0.3) is 0 Å². The van der Waals surface area contributed by atoms with Crippen LogP contribution in [0.4, 0.5) is 0 Å². The molecule has 0 spiro atoms. The number of carbonyl (C=O) groups excluding carboxylic acids is 1. The highest BCUT2D eigenvalue weighted by molar-refractivity contribution is 14.0. The van der Waals surface area contributed by atoms with E-state index in [9.17, 15) is 4.79 Å². The molecule has 1 fully saturated rings. The zero-order chi connectivity index (χ0) is 23.3. The number of likely N-dealkylation sites (N-methyl/N-ethyl adjacent to an activating group) is 1. The quantitative estimate of drug-likeness (QED) is 0.180. The van der Waals surface area contributed by atoms with Gasteiger partial charge in [-0.2, -0.15) is 0 Å². The lowest BCUT2D eigenvalue weighted by molar-refractivity contribution is -0.127. The Kier molecular flexibility index (Phi) is 14.1. The third kappa shape index (κ3) is 9.54. The van der Waals surface area contributed by atoms with Gasteiger partial charge in [-0.3, -0.25) is 9.69 Å². The van der Waals surface area contributed by atoms with Crippen LogP contribution in [0.15, 0.2) is 23.2 Å². The van der Waals surface area contributed by atoms with Crippen molar-refractivity contribution < 1.29 is 19.0 Å². The summed E-state index contributed by atoms with van der Waals surface area (Å²) in [5.74, 6) is 2.02. The molecule has 188 valence electrons. The molecule has 1 unspecified atom stereocenters. The zero-order valence-corrected chi connectivity index (χ0v) is 22.9. The SMILES string of the molecule is CCCCNC(=NCC(=O)N(C)C)NCC(c1ccc(OC)c(OC)c1)N1CCOCC1.I. The van der Waals surface area contributed by atoms with E-state index in [0.717, 1.165) is 38.0 Å². The number of benzene rings is 1. The standard InChI is InChI=1S/C23H39N5O4.HI/c1-6-7-10-24-23(26-17-22(29)27(2)3)25-16-19(28-11-13-32-14-12-28)18-8-9-20(30-4)21(15-18)31-5;/h8-9,15,19H,6-7,10-14,16-17H2,1-5H3,(H2,24,25,26);1H. The fourth-order valence-corrected chi connectivity index (χ4v) is 3.45. The first-order valence-electron chi connectivity index (χ1n) is 11.3. The van der Waals surface area contributed by atoms with Crippen LogP contribution in [-0.4, -0.2) is 95.9 Å². The highest BCUT2D eigenvalue weighted by atomic mass is 127. The molecule has 0 saturated carbocycles. The molecule has 2 rings (SSSR count). The maximum Gasteiger partial charge on any atom is 0.243 e. The molecule has 0 aliphatic carbocycles. The molecule has 1 amide bonds. The molecule has 10 heteroatoms. The van der Waals surface area contributed by atoms with E-state index in [1.165, 1.54) is 0 Å². The molecule has 2 N–H and O–H groups in total. The second-order valence-electron chi connectivity index (χ2n) is 7.89. The third-order valence-corrected chi connectivity index (χ3v) is 5.44. The fourth-order valence-electron chi connectivity index (χ4n) is 3.45. The summed E-state index contributed by atoms with van der Waals surface area (Å²) >= 11 is 0. The molecule has 1 aromatic carbocycles. The highest BCUT2D eigenvalue weighted by Gasteiger charge is 2.24. The van der Waals surface area contributed by atoms with E-state index >= 15 is 0 Å². The number of guanidine groups is 1. The van der Waals surface area contributed by atoms with Gasteiger partial charge >= 0.3 is 0 Å². The lowest BCUT2D eigenvalue weighted by Gasteiger charge is -2.35. The fraction of sp³-hybridized carbons (Fsp3) is 0.652. The second-order valence-corrected chi connectivity index (χ2v) is 7.89. The maximum absolute atomic E-state index is 12.0. The van der Waals surface area contributed by atoms with Crippen LogP contribution < -0.4 is 20.1 Å². The number of rotatable bonds is 11. The van der Waals surface area contributed by atoms with Crippen LogP contribution in [0, 0.1) is 0 Å². The van der Waals surface area contributed by atoms with Gasteiger partial charge in [0.05, 0.1) is 33.5 Å². The van der Waals surface area contributed by atoms with Gasteiger partial charge in [0.15, 0.2) is 17.5 Å². The van der Waals surface area contributed by atoms with Gasteiger partial charge in [0.1, 0.15) is 6.54 Å². The second kappa shape index (κ2) is 15.9. The summed E-state index contributed by atoms with van der Waals surface area (Å²) in [5.41, 5.74) is 1.12. The molecule has 9 nitrogen and oxygen atoms in total. The Labute approximate surface area is 215 Å². The Morgan fingerprint density at radius 2 is 1.88 bits per heavy atom. The Hall–Kier alpha value is -1.79. The molecule has 33 heavy (non-hydrogen) atoms. The molecular weight excluding hydrogens is 537 g/mol. The molecule has 1 heterocycles. The number of hydrogen-bond donors (Lipinski definition) is 2. The number of amides is 1. The molecule has 1 aromatic rings. The Balaban J connectivity index is 0.00000544. The smallest absolute Gasteiger partial charge is 0.243 e. The summed E-state index contributed by atoms with van der Waals surface area (Å²) < 4.78 is 16.5. The number of carbonyl (C=O) groups is 1. The van der Waals surface area contributed by atoms with E-state index in [0.29, 0.717) is 37.2 Å². The van der Waals surface area contributed by atoms with E-state index in [4.69, 9.17) is 14.2 Å². The Bertz CT molecular complexity index is 742. The Morgan fingerprint density at radius 3 is 2.48 bits per heavy atom. The number of nitrogens with one attached hydrogen (secondary N) is 2. The number of halogens is 1. The number of methoxy groups -OCH3 is 2. The number of hydrogen-bond acceptors (Lipinski definition) is 6. The van der Waals surface area contributed by atoms with Gasteiger partial charge in [0.2, 0.25) is 5.91 Å². The molecule has 1 aliphatic rings. The van der Waals surface area contributed by atoms with E-state index in [1.807, 2.05) is 12.1 Å². The van der Waals surface area contributed by atoms with Crippen molar-refractivity contribution in [2.75, 3.05) is 74.3 Å². The van der Waals surface area contributed by atoms with Gasteiger partial charge < -0.3 is 29.7 Å². The molecule has 0 aromatic heterocycles. The first kappa shape index (κ1) is 29.2. The van der Waals surface area contributed by atoms with E-state index in [2.05, 4.69) is 33.5 Å². The minimum atomic E-state index is -0.0359. The van der Waals surface area contributed by atoms with Crippen LogP contribution in [0.3, 0.4) is 0 Å². The van der Waals surface area contributed by atoms with Gasteiger partial charge in [-0.1, -0.05) is 19.4 Å². The van der Waals surface area contributed by atoms with E-state index in [1.54, 1.807) is 33.2 Å². The largest absolute Gasteiger partial charge is 0.493 e. The van der Waals surface area contributed by atoms with Crippen LogP contribution in [-0.2, 0) is 9.53 Å².